The number of nitrogens with one attached hydrogen (secondary N) is 1. The standard InChI is InChI=1S/C11H18ClNO3/c1-5-10(11(14)15-6-2)16-7-13-9(4)8(3)12/h10,13H,3-7H2,1-2H3. The Morgan fingerprint density at radius 1 is 1.44 bits per heavy atom. The summed E-state index contributed by atoms with van der Waals surface area (Å²) in [4.78, 5) is 11.3. The summed E-state index contributed by atoms with van der Waals surface area (Å²) in [6, 6.07) is 0. The van der Waals surface area contributed by atoms with Crippen LogP contribution in [0, 0.1) is 0 Å². The van der Waals surface area contributed by atoms with Crippen molar-refractivity contribution in [3.8, 4) is 0 Å². The van der Waals surface area contributed by atoms with Crippen LogP contribution in [0.4, 0.5) is 0 Å². The summed E-state index contributed by atoms with van der Waals surface area (Å²) in [6.07, 6.45) is -0.0155. The highest BCUT2D eigenvalue weighted by atomic mass is 35.5. The van der Waals surface area contributed by atoms with Gasteiger partial charge < -0.3 is 14.8 Å². The summed E-state index contributed by atoms with van der Waals surface area (Å²) in [6.45, 7) is 11.2. The first-order valence-electron chi connectivity index (χ1n) is 5.08. The van der Waals surface area contributed by atoms with Crippen LogP contribution in [0.25, 0.3) is 0 Å². The van der Waals surface area contributed by atoms with Crippen LogP contribution in [0.2, 0.25) is 0 Å². The van der Waals surface area contributed by atoms with Crippen molar-refractivity contribution in [2.45, 2.75) is 26.4 Å². The molecule has 16 heavy (non-hydrogen) atoms. The van der Waals surface area contributed by atoms with Gasteiger partial charge in [0.25, 0.3) is 0 Å². The van der Waals surface area contributed by atoms with Crippen molar-refractivity contribution in [1.82, 2.24) is 5.32 Å². The maximum absolute atomic E-state index is 11.3. The summed E-state index contributed by atoms with van der Waals surface area (Å²) in [5.41, 5.74) is 0.473. The molecule has 0 bridgehead atoms. The predicted octanol–water partition coefficient (Wildman–Crippen LogP) is 2.16. The number of rotatable bonds is 8. The number of carbonyl (C=O) groups is 1. The van der Waals surface area contributed by atoms with E-state index in [-0.39, 0.29) is 12.7 Å². The van der Waals surface area contributed by atoms with Crippen molar-refractivity contribution < 1.29 is 14.3 Å². The molecular formula is C11H18ClNO3. The van der Waals surface area contributed by atoms with Crippen LogP contribution >= 0.6 is 11.6 Å². The Morgan fingerprint density at radius 3 is 2.50 bits per heavy atom. The third-order valence-corrected chi connectivity index (χ3v) is 2.05. The number of halogens is 1. The normalized spacial score (nSPS) is 11.7. The topological polar surface area (TPSA) is 47.6 Å². The van der Waals surface area contributed by atoms with E-state index in [0.717, 1.165) is 0 Å². The maximum atomic E-state index is 11.3. The first-order chi connectivity index (χ1) is 7.52. The van der Waals surface area contributed by atoms with Gasteiger partial charge in [-0.05, 0) is 13.3 Å². The lowest BCUT2D eigenvalue weighted by Gasteiger charge is -2.15. The van der Waals surface area contributed by atoms with Crippen molar-refractivity contribution in [1.29, 1.82) is 0 Å². The molecule has 0 heterocycles. The summed E-state index contributed by atoms with van der Waals surface area (Å²) in [7, 11) is 0. The average Bonchev–Trinajstić information content (AvgIpc) is 2.24. The monoisotopic (exact) mass is 247 g/mol. The second-order valence-corrected chi connectivity index (χ2v) is 3.48. The Morgan fingerprint density at radius 2 is 2.06 bits per heavy atom. The van der Waals surface area contributed by atoms with Gasteiger partial charge in [-0.3, -0.25) is 0 Å². The average molecular weight is 248 g/mol. The molecule has 0 aromatic rings. The lowest BCUT2D eigenvalue weighted by atomic mass is 10.3. The van der Waals surface area contributed by atoms with Gasteiger partial charge >= 0.3 is 5.97 Å². The SMILES string of the molecule is C=C(Cl)C(=C)NCOC(CC)C(=O)OCC. The van der Waals surface area contributed by atoms with Gasteiger partial charge in [-0.15, -0.1) is 0 Å². The molecular weight excluding hydrogens is 230 g/mol. The van der Waals surface area contributed by atoms with E-state index in [1.807, 2.05) is 6.92 Å². The van der Waals surface area contributed by atoms with Crippen LogP contribution < -0.4 is 5.32 Å². The molecule has 0 radical (unpaired) electrons. The Bertz CT molecular complexity index is 266. The van der Waals surface area contributed by atoms with Gasteiger partial charge in [0, 0.05) is 5.70 Å². The number of ether oxygens (including phenoxy) is 2. The zero-order chi connectivity index (χ0) is 12.6. The summed E-state index contributed by atoms with van der Waals surface area (Å²) in [5.74, 6) is -0.359. The molecule has 0 aliphatic rings. The molecule has 0 aliphatic carbocycles. The van der Waals surface area contributed by atoms with Gasteiger partial charge in [0.05, 0.1) is 11.6 Å². The molecule has 0 amide bonds. The van der Waals surface area contributed by atoms with Crippen molar-refractivity contribution >= 4 is 17.6 Å². The number of allylic oxidation sites excluding steroid dienone is 1. The summed E-state index contributed by atoms with van der Waals surface area (Å²) in [5, 5.41) is 3.10. The lowest BCUT2D eigenvalue weighted by molar-refractivity contribution is -0.157. The van der Waals surface area contributed by atoms with Crippen molar-refractivity contribution in [2.75, 3.05) is 13.3 Å². The largest absolute Gasteiger partial charge is 0.464 e. The van der Waals surface area contributed by atoms with Crippen molar-refractivity contribution in [3.05, 3.63) is 23.9 Å². The molecule has 0 aromatic heterocycles. The maximum Gasteiger partial charge on any atom is 0.335 e. The van der Waals surface area contributed by atoms with Gasteiger partial charge in [0.1, 0.15) is 6.73 Å². The molecule has 0 fully saturated rings. The Balaban J connectivity index is 3.92. The van der Waals surface area contributed by atoms with Crippen LogP contribution in [-0.4, -0.2) is 25.4 Å². The Labute approximate surface area is 101 Å². The smallest absolute Gasteiger partial charge is 0.335 e. The minimum Gasteiger partial charge on any atom is -0.464 e. The first-order valence-corrected chi connectivity index (χ1v) is 5.46. The molecule has 0 spiro atoms. The minimum atomic E-state index is -0.566. The van der Waals surface area contributed by atoms with E-state index in [9.17, 15) is 4.79 Å². The van der Waals surface area contributed by atoms with Gasteiger partial charge in [-0.2, -0.15) is 0 Å². The molecule has 1 atom stereocenters. The molecule has 4 nitrogen and oxygen atoms in total. The fourth-order valence-corrected chi connectivity index (χ4v) is 0.980. The highest BCUT2D eigenvalue weighted by molar-refractivity contribution is 6.31. The predicted molar refractivity (Wildman–Crippen MR) is 63.9 cm³/mol. The van der Waals surface area contributed by atoms with E-state index in [1.54, 1.807) is 6.92 Å². The van der Waals surface area contributed by atoms with Gasteiger partial charge in [0.2, 0.25) is 0 Å². The molecule has 0 aliphatic heterocycles. The van der Waals surface area contributed by atoms with E-state index >= 15 is 0 Å². The van der Waals surface area contributed by atoms with Gasteiger partial charge in [-0.1, -0.05) is 31.7 Å². The number of carbonyl (C=O) groups excluding carboxylic acids is 1. The second-order valence-electron chi connectivity index (χ2n) is 3.02. The highest BCUT2D eigenvalue weighted by Gasteiger charge is 2.17. The third-order valence-electron chi connectivity index (χ3n) is 1.82. The highest BCUT2D eigenvalue weighted by Crippen LogP contribution is 2.06. The number of hydrogen-bond acceptors (Lipinski definition) is 4. The van der Waals surface area contributed by atoms with E-state index in [0.29, 0.717) is 23.8 Å². The summed E-state index contributed by atoms with van der Waals surface area (Å²) >= 11 is 5.59. The quantitative estimate of drug-likeness (QED) is 0.406. The van der Waals surface area contributed by atoms with Crippen LogP contribution in [0.1, 0.15) is 20.3 Å². The number of esters is 1. The molecule has 0 saturated heterocycles. The van der Waals surface area contributed by atoms with Crippen LogP contribution in [0.15, 0.2) is 23.9 Å². The first kappa shape index (κ1) is 15.0. The van der Waals surface area contributed by atoms with Crippen LogP contribution in [0.3, 0.4) is 0 Å². The second kappa shape index (κ2) is 8.19. The molecule has 5 heteroatoms. The number of hydrogen-bond donors (Lipinski definition) is 1. The van der Waals surface area contributed by atoms with Crippen molar-refractivity contribution in [3.63, 3.8) is 0 Å². The fraction of sp³-hybridized carbons (Fsp3) is 0.545. The van der Waals surface area contributed by atoms with E-state index in [1.165, 1.54) is 0 Å². The summed E-state index contributed by atoms with van der Waals surface area (Å²) < 4.78 is 10.1. The van der Waals surface area contributed by atoms with E-state index < -0.39 is 6.10 Å². The van der Waals surface area contributed by atoms with E-state index in [4.69, 9.17) is 21.1 Å². The zero-order valence-corrected chi connectivity index (χ0v) is 10.5. The lowest BCUT2D eigenvalue weighted by Crippen LogP contribution is -2.30. The van der Waals surface area contributed by atoms with E-state index in [2.05, 4.69) is 18.5 Å². The molecule has 1 unspecified atom stereocenters. The Kier molecular flexibility index (Phi) is 7.68. The molecule has 0 aromatic carbocycles. The molecule has 0 rings (SSSR count). The van der Waals surface area contributed by atoms with Crippen LogP contribution in [0.5, 0.6) is 0 Å². The molecule has 1 N–H and O–H groups in total. The van der Waals surface area contributed by atoms with Crippen molar-refractivity contribution in [2.24, 2.45) is 0 Å². The molecule has 92 valence electrons. The molecule has 0 saturated carbocycles. The minimum absolute atomic E-state index is 0.141. The van der Waals surface area contributed by atoms with Gasteiger partial charge in [-0.25, -0.2) is 4.79 Å². The Hall–Kier alpha value is -1.00. The van der Waals surface area contributed by atoms with Crippen LogP contribution in [-0.2, 0) is 14.3 Å². The zero-order valence-electron chi connectivity index (χ0n) is 9.72. The van der Waals surface area contributed by atoms with Gasteiger partial charge in [0.15, 0.2) is 6.10 Å². The third kappa shape index (κ3) is 5.78. The fourth-order valence-electron chi connectivity index (χ4n) is 0.913.